The number of β-amino-alcohol motifs (C(OH)–C–C–N with tert-alkyl or cyclic N) is 1. The zero-order valence-corrected chi connectivity index (χ0v) is 22.3. The van der Waals surface area contributed by atoms with E-state index in [2.05, 4.69) is 40.4 Å². The molecule has 4 N–H and O–H groups in total. The lowest BCUT2D eigenvalue weighted by Crippen LogP contribution is -2.47. The van der Waals surface area contributed by atoms with Gasteiger partial charge >= 0.3 is 6.18 Å². The van der Waals surface area contributed by atoms with E-state index in [1.807, 2.05) is 0 Å². The summed E-state index contributed by atoms with van der Waals surface area (Å²) < 4.78 is 39.3. The van der Waals surface area contributed by atoms with Gasteiger partial charge in [0, 0.05) is 45.0 Å². The number of alkyl halides is 3. The van der Waals surface area contributed by atoms with Crippen molar-refractivity contribution in [1.29, 1.82) is 0 Å². The maximum atomic E-state index is 13.1. The molecule has 1 saturated heterocycles. The van der Waals surface area contributed by atoms with Crippen LogP contribution in [0.25, 0.3) is 0 Å². The summed E-state index contributed by atoms with van der Waals surface area (Å²) in [6, 6.07) is 1.87. The quantitative estimate of drug-likeness (QED) is 0.277. The molecule has 1 amide bonds. The number of carbonyl (C=O) groups is 1. The summed E-state index contributed by atoms with van der Waals surface area (Å²) in [6.45, 7) is 5.50. The van der Waals surface area contributed by atoms with Gasteiger partial charge in [-0.2, -0.15) is 13.2 Å². The van der Waals surface area contributed by atoms with E-state index in [0.717, 1.165) is 43.7 Å². The average molecular weight is 587 g/mol. The Balaban J connectivity index is 1.36. The number of nitrogens with zero attached hydrogens (tertiary/aromatic N) is 6. The molecule has 39 heavy (non-hydrogen) atoms. The molecule has 1 aliphatic heterocycles. The largest absolute Gasteiger partial charge is 0.418 e. The molecular formula is C23H26ClF3N8O3S. The summed E-state index contributed by atoms with van der Waals surface area (Å²) in [5.41, 5.74) is -0.753. The molecule has 0 bridgehead atoms. The fourth-order valence-electron chi connectivity index (χ4n) is 3.91. The SMILES string of the molecule is C[C@@H](NC(O)c1cc(N2CCN(CCO)CC2)ncn1)c1ncc(C(=O)Nc2cc(C(F)(F)F)c(Cl)cn2)s1. The van der Waals surface area contributed by atoms with Crippen LogP contribution in [0.5, 0.6) is 0 Å². The lowest BCUT2D eigenvalue weighted by atomic mass is 10.2. The molecule has 0 aromatic carbocycles. The van der Waals surface area contributed by atoms with Crippen molar-refractivity contribution >= 4 is 40.5 Å². The first-order chi connectivity index (χ1) is 18.5. The smallest absolute Gasteiger partial charge is 0.395 e. The van der Waals surface area contributed by atoms with Crippen molar-refractivity contribution in [3.63, 3.8) is 0 Å². The van der Waals surface area contributed by atoms with Gasteiger partial charge < -0.3 is 20.4 Å². The van der Waals surface area contributed by atoms with Gasteiger partial charge in [-0.3, -0.25) is 15.0 Å². The third kappa shape index (κ3) is 7.38. The summed E-state index contributed by atoms with van der Waals surface area (Å²) >= 11 is 6.58. The number of hydrogen-bond donors (Lipinski definition) is 4. The van der Waals surface area contributed by atoms with Gasteiger partial charge in [0.1, 0.15) is 34.1 Å². The van der Waals surface area contributed by atoms with Gasteiger partial charge in [0.15, 0.2) is 0 Å². The molecule has 1 fully saturated rings. The number of aliphatic hydroxyl groups is 2. The Labute approximate surface area is 230 Å². The molecule has 3 aromatic heterocycles. The third-order valence-electron chi connectivity index (χ3n) is 5.99. The van der Waals surface area contributed by atoms with Crippen LogP contribution in [0.3, 0.4) is 0 Å². The van der Waals surface area contributed by atoms with Crippen LogP contribution in [0.4, 0.5) is 24.8 Å². The van der Waals surface area contributed by atoms with Crippen molar-refractivity contribution in [2.24, 2.45) is 0 Å². The number of aliphatic hydroxyl groups excluding tert-OH is 2. The van der Waals surface area contributed by atoms with Crippen molar-refractivity contribution in [2.75, 3.05) is 49.5 Å². The number of thiazole rings is 1. The number of pyridine rings is 1. The molecule has 4 heterocycles. The zero-order valence-electron chi connectivity index (χ0n) is 20.7. The van der Waals surface area contributed by atoms with Crippen LogP contribution in [0, 0.1) is 0 Å². The maximum absolute atomic E-state index is 13.1. The minimum atomic E-state index is -4.70. The van der Waals surface area contributed by atoms with E-state index in [9.17, 15) is 23.1 Å². The van der Waals surface area contributed by atoms with E-state index < -0.39 is 34.9 Å². The van der Waals surface area contributed by atoms with E-state index in [0.29, 0.717) is 29.1 Å². The van der Waals surface area contributed by atoms with E-state index in [4.69, 9.17) is 16.7 Å². The van der Waals surface area contributed by atoms with Crippen molar-refractivity contribution < 1.29 is 28.2 Å². The van der Waals surface area contributed by atoms with Crippen LogP contribution in [0.2, 0.25) is 5.02 Å². The molecule has 4 rings (SSSR count). The van der Waals surface area contributed by atoms with Crippen LogP contribution in [-0.4, -0.2) is 80.3 Å². The Hall–Kier alpha value is -2.95. The normalized spacial score (nSPS) is 16.2. The highest BCUT2D eigenvalue weighted by Gasteiger charge is 2.34. The zero-order chi connectivity index (χ0) is 28.2. The number of halogens is 4. The molecule has 11 nitrogen and oxygen atoms in total. The summed E-state index contributed by atoms with van der Waals surface area (Å²) in [5.74, 6) is -0.313. The highest BCUT2D eigenvalue weighted by atomic mass is 35.5. The molecule has 16 heteroatoms. The molecular weight excluding hydrogens is 561 g/mol. The number of rotatable bonds is 9. The Morgan fingerprint density at radius 3 is 2.59 bits per heavy atom. The number of carbonyl (C=O) groups excluding carboxylic acids is 1. The first-order valence-electron chi connectivity index (χ1n) is 11.9. The fourth-order valence-corrected chi connectivity index (χ4v) is 4.95. The lowest BCUT2D eigenvalue weighted by Gasteiger charge is -2.35. The Morgan fingerprint density at radius 2 is 1.90 bits per heavy atom. The standard InChI is InChI=1S/C23H26ClF3N8O3S/c1-13(32-20(37)16-9-19(31-12-30-16)35-4-2-34(3-5-35)6-7-36)22-29-11-17(39-22)21(38)33-18-8-14(23(25,26)27)15(24)10-28-18/h8-13,20,32,36-37H,2-7H2,1H3,(H,28,33,38)/t13-,20?/m1/s1. The molecule has 2 atom stereocenters. The lowest BCUT2D eigenvalue weighted by molar-refractivity contribution is -0.137. The third-order valence-corrected chi connectivity index (χ3v) is 7.47. The number of hydrogen-bond acceptors (Lipinski definition) is 11. The number of aromatic nitrogens is 4. The van der Waals surface area contributed by atoms with E-state index >= 15 is 0 Å². The minimum absolute atomic E-state index is 0.112. The summed E-state index contributed by atoms with van der Waals surface area (Å²) in [6.07, 6.45) is -2.36. The highest BCUT2D eigenvalue weighted by molar-refractivity contribution is 7.13. The Bertz CT molecular complexity index is 1290. The maximum Gasteiger partial charge on any atom is 0.418 e. The molecule has 0 saturated carbocycles. The second-order valence-corrected chi connectivity index (χ2v) is 10.2. The van der Waals surface area contributed by atoms with Crippen LogP contribution in [-0.2, 0) is 6.18 Å². The van der Waals surface area contributed by atoms with E-state index in [1.54, 1.807) is 13.0 Å². The average Bonchev–Trinajstić information content (AvgIpc) is 3.41. The summed E-state index contributed by atoms with van der Waals surface area (Å²) in [4.78, 5) is 33.4. The van der Waals surface area contributed by atoms with Gasteiger partial charge in [-0.1, -0.05) is 11.6 Å². The van der Waals surface area contributed by atoms with Crippen molar-refractivity contribution in [3.8, 4) is 0 Å². The summed E-state index contributed by atoms with van der Waals surface area (Å²) in [5, 5.41) is 25.0. The number of anilines is 2. The second kappa shape index (κ2) is 12.5. The molecule has 1 unspecified atom stereocenters. The predicted molar refractivity (Wildman–Crippen MR) is 139 cm³/mol. The van der Waals surface area contributed by atoms with Gasteiger partial charge in [0.2, 0.25) is 0 Å². The van der Waals surface area contributed by atoms with Crippen molar-refractivity contribution in [1.82, 2.24) is 30.2 Å². The first-order valence-corrected chi connectivity index (χ1v) is 13.1. The number of nitrogens with one attached hydrogen (secondary N) is 2. The monoisotopic (exact) mass is 586 g/mol. The molecule has 1 aliphatic rings. The van der Waals surface area contributed by atoms with Crippen LogP contribution in [0.1, 0.15) is 45.1 Å². The van der Waals surface area contributed by atoms with E-state index in [-0.39, 0.29) is 17.3 Å². The Morgan fingerprint density at radius 1 is 1.15 bits per heavy atom. The van der Waals surface area contributed by atoms with Gasteiger partial charge in [0.05, 0.1) is 35.1 Å². The second-order valence-electron chi connectivity index (χ2n) is 8.71. The minimum Gasteiger partial charge on any atom is -0.395 e. The van der Waals surface area contributed by atoms with Crippen LogP contribution in [0.15, 0.2) is 30.9 Å². The summed E-state index contributed by atoms with van der Waals surface area (Å²) in [7, 11) is 0. The van der Waals surface area contributed by atoms with Gasteiger partial charge in [-0.25, -0.2) is 19.9 Å². The first kappa shape index (κ1) is 29.0. The van der Waals surface area contributed by atoms with Crippen molar-refractivity contribution in [2.45, 2.75) is 25.4 Å². The van der Waals surface area contributed by atoms with Crippen LogP contribution >= 0.6 is 22.9 Å². The molecule has 0 aliphatic carbocycles. The van der Waals surface area contributed by atoms with Crippen molar-refractivity contribution in [3.05, 3.63) is 57.0 Å². The highest BCUT2D eigenvalue weighted by Crippen LogP contribution is 2.35. The molecule has 3 aromatic rings. The topological polar surface area (TPSA) is 140 Å². The van der Waals surface area contributed by atoms with Gasteiger partial charge in [-0.05, 0) is 13.0 Å². The van der Waals surface area contributed by atoms with E-state index in [1.165, 1.54) is 12.5 Å². The molecule has 0 spiro atoms. The fraction of sp³-hybridized carbons (Fsp3) is 0.435. The molecule has 0 radical (unpaired) electrons. The van der Waals surface area contributed by atoms with Gasteiger partial charge in [-0.15, -0.1) is 11.3 Å². The van der Waals surface area contributed by atoms with Gasteiger partial charge in [0.25, 0.3) is 5.91 Å². The Kier molecular flexibility index (Phi) is 9.30. The predicted octanol–water partition coefficient (Wildman–Crippen LogP) is 2.71. The number of amides is 1. The molecule has 210 valence electrons. The number of piperazine rings is 1. The van der Waals surface area contributed by atoms with Crippen LogP contribution < -0.4 is 15.5 Å².